The molecule has 0 amide bonds. The van der Waals surface area contributed by atoms with Gasteiger partial charge in [0.1, 0.15) is 0 Å². The normalized spacial score (nSPS) is 10.5. The molecule has 0 atom stereocenters. The molecule has 0 N–H and O–H groups in total. The van der Waals surface area contributed by atoms with Gasteiger partial charge in [0.2, 0.25) is 5.69 Å². The van der Waals surface area contributed by atoms with Crippen LogP contribution in [-0.4, -0.2) is 7.25 Å². The van der Waals surface area contributed by atoms with Crippen molar-refractivity contribution in [1.29, 1.82) is 0 Å². The lowest BCUT2D eigenvalue weighted by Gasteiger charge is -1.94. The number of aromatic nitrogens is 1. The van der Waals surface area contributed by atoms with Crippen molar-refractivity contribution in [3.05, 3.63) is 58.4 Å². The summed E-state index contributed by atoms with van der Waals surface area (Å²) in [5, 5.41) is 0. The number of halogens is 5. The minimum absolute atomic E-state index is 1.20. The second-order valence-electron chi connectivity index (χ2n) is 3.25. The van der Waals surface area contributed by atoms with Crippen LogP contribution in [0.15, 0.2) is 54.9 Å². The zero-order valence-corrected chi connectivity index (χ0v) is 11.3. The van der Waals surface area contributed by atoms with Crippen LogP contribution in [0.3, 0.4) is 0 Å². The van der Waals surface area contributed by atoms with Crippen LogP contribution in [0.5, 0.6) is 0 Å². The smallest absolute Gasteiger partial charge is 0.418 e. The Labute approximate surface area is 116 Å². The maximum Gasteiger partial charge on any atom is 0.673 e. The van der Waals surface area contributed by atoms with Gasteiger partial charge >= 0.3 is 7.25 Å². The second-order valence-corrected chi connectivity index (χ2v) is 4.50. The average molecular weight is 369 g/mol. The van der Waals surface area contributed by atoms with Crippen molar-refractivity contribution in [2.45, 2.75) is 0 Å². The molecule has 1 aromatic carbocycles. The molecule has 96 valence electrons. The third-order valence-electron chi connectivity index (χ3n) is 1.84. The Morgan fingerprint density at radius 2 is 1.28 bits per heavy atom. The van der Waals surface area contributed by atoms with Gasteiger partial charge in [0.15, 0.2) is 12.4 Å². The Morgan fingerprint density at radius 3 is 1.72 bits per heavy atom. The number of hydrogen-bond donors (Lipinski definition) is 0. The lowest BCUT2D eigenvalue weighted by atomic mass is 10.3. The lowest BCUT2D eigenvalue weighted by Crippen LogP contribution is -2.28. The van der Waals surface area contributed by atoms with Crippen LogP contribution < -0.4 is 4.57 Å². The van der Waals surface area contributed by atoms with Crippen LogP contribution in [0.2, 0.25) is 0 Å². The number of hydrogen-bond acceptors (Lipinski definition) is 0. The zero-order chi connectivity index (χ0) is 13.6. The van der Waals surface area contributed by atoms with E-state index in [-0.39, 0.29) is 0 Å². The molecule has 0 bridgehead atoms. The van der Waals surface area contributed by atoms with Crippen LogP contribution in [0, 0.1) is 3.57 Å². The minimum Gasteiger partial charge on any atom is -0.418 e. The van der Waals surface area contributed by atoms with Crippen molar-refractivity contribution in [1.82, 2.24) is 0 Å². The molecule has 7 heteroatoms. The van der Waals surface area contributed by atoms with E-state index in [1.165, 1.54) is 9.26 Å². The third kappa shape index (κ3) is 6.58. The molecule has 0 spiro atoms. The summed E-state index contributed by atoms with van der Waals surface area (Å²) >= 11 is 2.31. The summed E-state index contributed by atoms with van der Waals surface area (Å²) in [7, 11) is -6.00. The summed E-state index contributed by atoms with van der Waals surface area (Å²) in [5.41, 5.74) is 1.20. The number of pyridine rings is 1. The van der Waals surface area contributed by atoms with Crippen molar-refractivity contribution in [2.75, 3.05) is 0 Å². The van der Waals surface area contributed by atoms with E-state index in [1.807, 2.05) is 30.6 Å². The zero-order valence-electron chi connectivity index (χ0n) is 9.11. The molecule has 1 nitrogen and oxygen atoms in total. The van der Waals surface area contributed by atoms with Crippen molar-refractivity contribution in [3.8, 4) is 5.69 Å². The molecule has 0 aliphatic heterocycles. The molecule has 0 fully saturated rings. The maximum atomic E-state index is 9.75. The molecule has 1 heterocycles. The summed E-state index contributed by atoms with van der Waals surface area (Å²) in [6.45, 7) is 0. The molecular formula is C11H9BF4IN. The number of benzene rings is 1. The summed E-state index contributed by atoms with van der Waals surface area (Å²) < 4.78 is 42.4. The predicted octanol–water partition coefficient (Wildman–Crippen LogP) is 3.87. The van der Waals surface area contributed by atoms with Gasteiger partial charge in [-0.15, -0.1) is 0 Å². The average Bonchev–Trinajstić information content (AvgIpc) is 2.29. The van der Waals surface area contributed by atoms with Gasteiger partial charge in [-0.3, -0.25) is 0 Å². The van der Waals surface area contributed by atoms with Gasteiger partial charge in [-0.2, -0.15) is 4.57 Å². The summed E-state index contributed by atoms with van der Waals surface area (Å²) in [6, 6.07) is 14.5. The monoisotopic (exact) mass is 369 g/mol. The van der Waals surface area contributed by atoms with E-state index in [4.69, 9.17) is 0 Å². The van der Waals surface area contributed by atoms with E-state index >= 15 is 0 Å². The van der Waals surface area contributed by atoms with Crippen LogP contribution in [-0.2, 0) is 0 Å². The molecule has 0 saturated carbocycles. The Bertz CT molecular complexity index is 467. The fourth-order valence-corrected chi connectivity index (χ4v) is 1.54. The van der Waals surface area contributed by atoms with E-state index < -0.39 is 7.25 Å². The first-order valence-corrected chi connectivity index (χ1v) is 6.04. The van der Waals surface area contributed by atoms with Crippen LogP contribution in [0.25, 0.3) is 5.69 Å². The molecule has 0 saturated heterocycles. The largest absolute Gasteiger partial charge is 0.673 e. The van der Waals surface area contributed by atoms with Gasteiger partial charge in [-0.1, -0.05) is 6.07 Å². The summed E-state index contributed by atoms with van der Waals surface area (Å²) in [5.74, 6) is 0. The van der Waals surface area contributed by atoms with Gasteiger partial charge in [0.05, 0.1) is 0 Å². The van der Waals surface area contributed by atoms with Gasteiger partial charge in [-0.05, 0) is 34.7 Å². The SMILES string of the molecule is F[B-](F)(F)F.Ic1ccc(-[n+]2ccccc2)cc1. The first kappa shape index (κ1) is 14.9. The van der Waals surface area contributed by atoms with E-state index in [1.54, 1.807) is 0 Å². The van der Waals surface area contributed by atoms with Crippen molar-refractivity contribution in [2.24, 2.45) is 0 Å². The van der Waals surface area contributed by atoms with Crippen LogP contribution >= 0.6 is 22.6 Å². The molecule has 18 heavy (non-hydrogen) atoms. The Hall–Kier alpha value is -1.12. The van der Waals surface area contributed by atoms with Crippen LogP contribution in [0.1, 0.15) is 0 Å². The van der Waals surface area contributed by atoms with Gasteiger partial charge < -0.3 is 17.3 Å². The molecule has 2 rings (SSSR count). The third-order valence-corrected chi connectivity index (χ3v) is 2.56. The standard InChI is InChI=1S/C11H9IN.BF4/c12-10-4-6-11(7-5-10)13-8-2-1-3-9-13;2-1(3,4)5/h1-9H;/q+1;-1. The minimum atomic E-state index is -6.00. The van der Waals surface area contributed by atoms with E-state index in [9.17, 15) is 17.3 Å². The second kappa shape index (κ2) is 6.72. The first-order chi connectivity index (χ1) is 8.36. The number of rotatable bonds is 1. The fourth-order valence-electron chi connectivity index (χ4n) is 1.18. The molecule has 1 aromatic heterocycles. The van der Waals surface area contributed by atoms with Crippen molar-refractivity contribution >= 4 is 29.8 Å². The molecular weight excluding hydrogens is 360 g/mol. The molecule has 0 aliphatic carbocycles. The van der Waals surface area contributed by atoms with E-state index in [0.29, 0.717) is 0 Å². The first-order valence-electron chi connectivity index (χ1n) is 4.96. The van der Waals surface area contributed by atoms with E-state index in [2.05, 4.69) is 51.4 Å². The highest BCUT2D eigenvalue weighted by Gasteiger charge is 2.20. The van der Waals surface area contributed by atoms with Gasteiger partial charge in [-0.25, -0.2) is 0 Å². The highest BCUT2D eigenvalue weighted by atomic mass is 127. The quantitative estimate of drug-likeness (QED) is 0.311. The highest BCUT2D eigenvalue weighted by Crippen LogP contribution is 2.07. The van der Waals surface area contributed by atoms with Crippen molar-refractivity contribution < 1.29 is 21.8 Å². The molecule has 0 radical (unpaired) electrons. The Morgan fingerprint density at radius 1 is 0.833 bits per heavy atom. The Balaban J connectivity index is 0.000000280. The summed E-state index contributed by atoms with van der Waals surface area (Å²) in [4.78, 5) is 0. The highest BCUT2D eigenvalue weighted by molar-refractivity contribution is 14.1. The van der Waals surface area contributed by atoms with Crippen molar-refractivity contribution in [3.63, 3.8) is 0 Å². The maximum absolute atomic E-state index is 9.75. The fraction of sp³-hybridized carbons (Fsp3) is 0. The molecule has 0 unspecified atom stereocenters. The van der Waals surface area contributed by atoms with Gasteiger partial charge in [0, 0.05) is 27.8 Å². The molecule has 0 aliphatic rings. The Kier molecular flexibility index (Phi) is 5.58. The number of nitrogens with zero attached hydrogens (tertiary/aromatic N) is 1. The van der Waals surface area contributed by atoms with E-state index in [0.717, 1.165) is 0 Å². The van der Waals surface area contributed by atoms with Gasteiger partial charge in [0.25, 0.3) is 0 Å². The molecule has 2 aromatic rings. The van der Waals surface area contributed by atoms with Crippen LogP contribution in [0.4, 0.5) is 17.3 Å². The summed E-state index contributed by atoms with van der Waals surface area (Å²) in [6.07, 6.45) is 4.09. The lowest BCUT2D eigenvalue weighted by molar-refractivity contribution is -0.595. The predicted molar refractivity (Wildman–Crippen MR) is 70.9 cm³/mol. The topological polar surface area (TPSA) is 3.88 Å².